The molecule has 0 radical (unpaired) electrons. The number of nitriles is 1. The average Bonchev–Trinajstić information content (AvgIpc) is 2.16. The van der Waals surface area contributed by atoms with Crippen molar-refractivity contribution in [3.05, 3.63) is 34.3 Å². The van der Waals surface area contributed by atoms with Crippen molar-refractivity contribution in [2.75, 3.05) is 0 Å². The summed E-state index contributed by atoms with van der Waals surface area (Å²) >= 11 is 3.47. The van der Waals surface area contributed by atoms with E-state index in [4.69, 9.17) is 0 Å². The third kappa shape index (κ3) is 1.89. The highest BCUT2D eigenvalue weighted by Crippen LogP contribution is 2.50. The van der Waals surface area contributed by atoms with E-state index in [1.165, 1.54) is 5.56 Å². The van der Waals surface area contributed by atoms with Gasteiger partial charge in [-0.25, -0.2) is 0 Å². The Morgan fingerprint density at radius 2 is 2.12 bits per heavy atom. The van der Waals surface area contributed by atoms with Gasteiger partial charge < -0.3 is 0 Å². The molecule has 0 N–H and O–H groups in total. The van der Waals surface area contributed by atoms with Crippen LogP contribution in [0.5, 0.6) is 0 Å². The molecule has 1 saturated carbocycles. The molecule has 1 aliphatic rings. The van der Waals surface area contributed by atoms with Gasteiger partial charge in [0.05, 0.1) is 11.5 Å². The van der Waals surface area contributed by atoms with E-state index >= 15 is 0 Å². The molecule has 84 valence electrons. The van der Waals surface area contributed by atoms with Gasteiger partial charge in [0.25, 0.3) is 0 Å². The minimum atomic E-state index is -0.223. The van der Waals surface area contributed by atoms with Crippen LogP contribution in [0.1, 0.15) is 32.3 Å². The molecule has 0 spiro atoms. The Hall–Kier alpha value is -0.810. The highest BCUT2D eigenvalue weighted by atomic mass is 79.9. The van der Waals surface area contributed by atoms with Crippen molar-refractivity contribution in [3.63, 3.8) is 0 Å². The van der Waals surface area contributed by atoms with Gasteiger partial charge in [-0.05, 0) is 42.4 Å². The molecular weight excluding hydrogens is 262 g/mol. The average molecular weight is 278 g/mol. The van der Waals surface area contributed by atoms with Gasteiger partial charge in [0, 0.05) is 4.47 Å². The lowest BCUT2D eigenvalue weighted by Crippen LogP contribution is -2.42. The van der Waals surface area contributed by atoms with E-state index in [0.717, 1.165) is 17.3 Å². The predicted molar refractivity (Wildman–Crippen MR) is 69.0 cm³/mol. The van der Waals surface area contributed by atoms with Crippen molar-refractivity contribution in [2.45, 2.75) is 32.1 Å². The van der Waals surface area contributed by atoms with Gasteiger partial charge >= 0.3 is 0 Å². The molecule has 2 heteroatoms. The first-order chi connectivity index (χ1) is 7.57. The lowest BCUT2D eigenvalue weighted by molar-refractivity contribution is 0.145. The van der Waals surface area contributed by atoms with E-state index in [9.17, 15) is 5.26 Å². The highest BCUT2D eigenvalue weighted by molar-refractivity contribution is 9.10. The second kappa shape index (κ2) is 4.22. The lowest BCUT2D eigenvalue weighted by Gasteiger charge is -2.45. The topological polar surface area (TPSA) is 23.8 Å². The third-order valence-electron chi connectivity index (χ3n) is 3.76. The van der Waals surface area contributed by atoms with E-state index in [1.807, 2.05) is 12.1 Å². The van der Waals surface area contributed by atoms with Gasteiger partial charge in [0.2, 0.25) is 0 Å². The molecule has 2 rings (SSSR count). The third-order valence-corrected chi connectivity index (χ3v) is 4.25. The van der Waals surface area contributed by atoms with Gasteiger partial charge in [-0.3, -0.25) is 0 Å². The molecule has 0 unspecified atom stereocenters. The summed E-state index contributed by atoms with van der Waals surface area (Å²) in [6, 6.07) is 10.7. The van der Waals surface area contributed by atoms with E-state index in [2.05, 4.69) is 48.0 Å². The van der Waals surface area contributed by atoms with Gasteiger partial charge in [0.15, 0.2) is 0 Å². The zero-order valence-electron chi connectivity index (χ0n) is 9.70. The van der Waals surface area contributed by atoms with Crippen LogP contribution in [-0.2, 0) is 5.41 Å². The second-order valence-corrected chi connectivity index (χ2v) is 6.03. The quantitative estimate of drug-likeness (QED) is 0.792. The number of benzene rings is 1. The van der Waals surface area contributed by atoms with Crippen LogP contribution in [0, 0.1) is 23.2 Å². The molecule has 1 aromatic rings. The first kappa shape index (κ1) is 11.7. The molecule has 1 aromatic carbocycles. The molecule has 0 aromatic heterocycles. The molecule has 0 heterocycles. The van der Waals surface area contributed by atoms with Crippen molar-refractivity contribution in [1.29, 1.82) is 5.26 Å². The number of rotatable bonds is 2. The van der Waals surface area contributed by atoms with Crippen LogP contribution < -0.4 is 0 Å². The Morgan fingerprint density at radius 1 is 1.44 bits per heavy atom. The summed E-state index contributed by atoms with van der Waals surface area (Å²) in [4.78, 5) is 0. The zero-order valence-corrected chi connectivity index (χ0v) is 11.3. The smallest absolute Gasteiger partial charge is 0.0828 e. The molecule has 16 heavy (non-hydrogen) atoms. The lowest BCUT2D eigenvalue weighted by atomic mass is 9.57. The van der Waals surface area contributed by atoms with E-state index < -0.39 is 0 Å². The van der Waals surface area contributed by atoms with Crippen LogP contribution in [0.25, 0.3) is 0 Å². The van der Waals surface area contributed by atoms with Crippen molar-refractivity contribution >= 4 is 15.9 Å². The van der Waals surface area contributed by atoms with E-state index in [1.54, 1.807) is 0 Å². The summed E-state index contributed by atoms with van der Waals surface area (Å²) in [5, 5.41) is 9.42. The number of hydrogen-bond donors (Lipinski definition) is 0. The van der Waals surface area contributed by atoms with Crippen molar-refractivity contribution in [1.82, 2.24) is 0 Å². The maximum absolute atomic E-state index is 9.42. The largest absolute Gasteiger partial charge is 0.197 e. The maximum atomic E-state index is 9.42. The van der Waals surface area contributed by atoms with E-state index in [-0.39, 0.29) is 5.41 Å². The Labute approximate surface area is 106 Å². The minimum Gasteiger partial charge on any atom is -0.197 e. The monoisotopic (exact) mass is 277 g/mol. The Balaban J connectivity index is 2.23. The summed E-state index contributed by atoms with van der Waals surface area (Å²) in [7, 11) is 0. The molecule has 0 bridgehead atoms. The Bertz CT molecular complexity index is 425. The summed E-state index contributed by atoms with van der Waals surface area (Å²) < 4.78 is 1.06. The van der Waals surface area contributed by atoms with Gasteiger partial charge in [-0.1, -0.05) is 41.9 Å². The van der Waals surface area contributed by atoms with Gasteiger partial charge in [0.1, 0.15) is 0 Å². The second-order valence-electron chi connectivity index (χ2n) is 5.12. The summed E-state index contributed by atoms with van der Waals surface area (Å²) in [6.07, 6.45) is 2.02. The Morgan fingerprint density at radius 3 is 2.62 bits per heavy atom. The molecule has 0 aliphatic heterocycles. The highest BCUT2D eigenvalue weighted by Gasteiger charge is 2.46. The number of hydrogen-bond acceptors (Lipinski definition) is 1. The predicted octanol–water partition coefficient (Wildman–Crippen LogP) is 4.28. The summed E-state index contributed by atoms with van der Waals surface area (Å²) in [5.74, 6) is 1.40. The number of halogens is 1. The standard InChI is InChI=1S/C14H16BrN/c1-10(2)11-7-14(8-11,9-16)12-4-3-5-13(15)6-12/h3-6,10-11H,7-8H2,1-2H3/t11-,14+. The van der Waals surface area contributed by atoms with E-state index in [0.29, 0.717) is 11.8 Å². The molecule has 0 saturated heterocycles. The van der Waals surface area contributed by atoms with Gasteiger partial charge in [-0.2, -0.15) is 5.26 Å². The summed E-state index contributed by atoms with van der Waals surface area (Å²) in [6.45, 7) is 4.49. The van der Waals surface area contributed by atoms with Crippen LogP contribution in [0.2, 0.25) is 0 Å². The molecule has 1 nitrogen and oxygen atoms in total. The van der Waals surface area contributed by atoms with Crippen molar-refractivity contribution < 1.29 is 0 Å². The minimum absolute atomic E-state index is 0.223. The summed E-state index contributed by atoms with van der Waals surface area (Å²) in [5.41, 5.74) is 0.944. The fourth-order valence-corrected chi connectivity index (χ4v) is 2.88. The van der Waals surface area contributed by atoms with Crippen LogP contribution in [-0.4, -0.2) is 0 Å². The fourth-order valence-electron chi connectivity index (χ4n) is 2.48. The fraction of sp³-hybridized carbons (Fsp3) is 0.500. The molecular formula is C14H16BrN. The molecule has 0 amide bonds. The van der Waals surface area contributed by atoms with Gasteiger partial charge in [-0.15, -0.1) is 0 Å². The van der Waals surface area contributed by atoms with Crippen LogP contribution in [0.4, 0.5) is 0 Å². The number of nitrogens with zero attached hydrogens (tertiary/aromatic N) is 1. The van der Waals surface area contributed by atoms with Crippen LogP contribution >= 0.6 is 15.9 Å². The van der Waals surface area contributed by atoms with Crippen LogP contribution in [0.15, 0.2) is 28.7 Å². The van der Waals surface area contributed by atoms with Crippen molar-refractivity contribution in [2.24, 2.45) is 11.8 Å². The normalized spacial score (nSPS) is 28.6. The first-order valence-electron chi connectivity index (χ1n) is 5.75. The Kier molecular flexibility index (Phi) is 3.08. The molecule has 1 fully saturated rings. The van der Waals surface area contributed by atoms with Crippen molar-refractivity contribution in [3.8, 4) is 6.07 Å². The molecule has 1 aliphatic carbocycles. The molecule has 0 atom stereocenters. The maximum Gasteiger partial charge on any atom is 0.0828 e. The van der Waals surface area contributed by atoms with Crippen LogP contribution in [0.3, 0.4) is 0 Å². The SMILES string of the molecule is CC(C)[C@H]1C[C@@](C#N)(c2cccc(Br)c2)C1. The first-order valence-corrected chi connectivity index (χ1v) is 6.54. The zero-order chi connectivity index (χ0) is 11.8.